The predicted molar refractivity (Wildman–Crippen MR) is 92.7 cm³/mol. The number of urea groups is 1. The zero-order valence-corrected chi connectivity index (χ0v) is 15.2. The fourth-order valence-electron chi connectivity index (χ4n) is 2.64. The van der Waals surface area contributed by atoms with Gasteiger partial charge in [0.25, 0.3) is 5.91 Å². The number of halogens is 1. The largest absolute Gasteiger partial charge is 0.379 e. The number of hydrogen-bond acceptors (Lipinski definition) is 4. The molecule has 7 nitrogen and oxygen atoms in total. The molecule has 1 saturated heterocycles. The second kappa shape index (κ2) is 8.27. The van der Waals surface area contributed by atoms with E-state index in [1.165, 1.54) is 31.2 Å². The summed E-state index contributed by atoms with van der Waals surface area (Å²) in [5.74, 6) is -1.42. The van der Waals surface area contributed by atoms with Gasteiger partial charge >= 0.3 is 6.03 Å². The van der Waals surface area contributed by atoms with Crippen LogP contribution in [-0.2, 0) is 19.9 Å². The number of hydrogen-bond donors (Lipinski definition) is 2. The molecule has 0 radical (unpaired) electrons. The molecule has 26 heavy (non-hydrogen) atoms. The predicted octanol–water partition coefficient (Wildman–Crippen LogP) is 1.52. The minimum absolute atomic E-state index is 0.126. The van der Waals surface area contributed by atoms with Crippen molar-refractivity contribution in [3.8, 4) is 0 Å². The summed E-state index contributed by atoms with van der Waals surface area (Å²) in [5, 5.41) is 5.23. The molecule has 1 aliphatic heterocycles. The number of nitrogens with zero attached hydrogens (tertiary/aromatic N) is 1. The maximum Gasteiger partial charge on any atom is 0.325 e. The van der Waals surface area contributed by atoms with E-state index in [4.69, 9.17) is 4.74 Å². The molecule has 0 aromatic heterocycles. The van der Waals surface area contributed by atoms with Crippen LogP contribution in [0.25, 0.3) is 0 Å². The molecular weight excluding hydrogens is 341 g/mol. The zero-order chi connectivity index (χ0) is 19.3. The molecule has 1 unspecified atom stereocenters. The molecule has 0 saturated carbocycles. The average molecular weight is 365 g/mol. The number of ether oxygens (including phenoxy) is 1. The lowest BCUT2D eigenvalue weighted by atomic mass is 9.92. The van der Waals surface area contributed by atoms with E-state index in [-0.39, 0.29) is 12.6 Å². The molecule has 2 rings (SSSR count). The smallest absolute Gasteiger partial charge is 0.325 e. The monoisotopic (exact) mass is 365 g/mol. The van der Waals surface area contributed by atoms with Gasteiger partial charge in [-0.1, -0.05) is 12.1 Å². The number of imide groups is 1. The van der Waals surface area contributed by atoms with E-state index >= 15 is 0 Å². The quantitative estimate of drug-likeness (QED) is 0.540. The highest BCUT2D eigenvalue weighted by molar-refractivity contribution is 6.09. The van der Waals surface area contributed by atoms with Crippen molar-refractivity contribution in [2.24, 2.45) is 0 Å². The molecule has 0 spiro atoms. The molecule has 1 aromatic rings. The molecule has 2 N–H and O–H groups in total. The standard InChI is InChI=1S/C18H24FN3O4/c1-12(2)26-10-4-9-20-15(23)11-22-16(24)18(3,21-17(22)25)13-5-7-14(19)8-6-13/h5-8,12H,4,9-11H2,1-3H3,(H,20,23)(H,21,25). The Labute approximate surface area is 151 Å². The van der Waals surface area contributed by atoms with Gasteiger partial charge in [0.2, 0.25) is 5.91 Å². The fourth-order valence-corrected chi connectivity index (χ4v) is 2.64. The van der Waals surface area contributed by atoms with Crippen molar-refractivity contribution in [2.45, 2.75) is 38.8 Å². The highest BCUT2D eigenvalue weighted by atomic mass is 19.1. The van der Waals surface area contributed by atoms with Crippen LogP contribution in [0.2, 0.25) is 0 Å². The highest BCUT2D eigenvalue weighted by Gasteiger charge is 2.49. The lowest BCUT2D eigenvalue weighted by Gasteiger charge is -2.22. The van der Waals surface area contributed by atoms with Gasteiger partial charge in [-0.25, -0.2) is 9.18 Å². The summed E-state index contributed by atoms with van der Waals surface area (Å²) in [4.78, 5) is 37.7. The first-order valence-corrected chi connectivity index (χ1v) is 8.52. The Bertz CT molecular complexity index is 678. The van der Waals surface area contributed by atoms with Crippen LogP contribution >= 0.6 is 0 Å². The Balaban J connectivity index is 1.92. The van der Waals surface area contributed by atoms with Crippen LogP contribution in [0, 0.1) is 5.82 Å². The van der Waals surface area contributed by atoms with Crippen LogP contribution in [-0.4, -0.2) is 48.5 Å². The number of carbonyl (C=O) groups is 3. The van der Waals surface area contributed by atoms with E-state index < -0.39 is 29.2 Å². The van der Waals surface area contributed by atoms with E-state index in [9.17, 15) is 18.8 Å². The van der Waals surface area contributed by atoms with E-state index in [1.54, 1.807) is 0 Å². The molecule has 0 aliphatic carbocycles. The third kappa shape index (κ3) is 4.57. The average Bonchev–Trinajstić information content (AvgIpc) is 2.79. The number of rotatable bonds is 8. The molecule has 8 heteroatoms. The second-order valence-corrected chi connectivity index (χ2v) is 6.58. The van der Waals surface area contributed by atoms with E-state index in [2.05, 4.69) is 10.6 Å². The Morgan fingerprint density at radius 3 is 2.58 bits per heavy atom. The first-order chi connectivity index (χ1) is 12.2. The number of benzene rings is 1. The van der Waals surface area contributed by atoms with Crippen LogP contribution < -0.4 is 10.6 Å². The van der Waals surface area contributed by atoms with Crippen molar-refractivity contribution in [3.63, 3.8) is 0 Å². The van der Waals surface area contributed by atoms with Crippen LogP contribution in [0.1, 0.15) is 32.8 Å². The van der Waals surface area contributed by atoms with Gasteiger partial charge in [0.05, 0.1) is 6.10 Å². The lowest BCUT2D eigenvalue weighted by molar-refractivity contribution is -0.134. The zero-order valence-electron chi connectivity index (χ0n) is 15.2. The van der Waals surface area contributed by atoms with Gasteiger partial charge in [-0.05, 0) is 44.9 Å². The molecule has 4 amide bonds. The molecule has 1 heterocycles. The van der Waals surface area contributed by atoms with Crippen molar-refractivity contribution in [1.82, 2.24) is 15.5 Å². The molecule has 142 valence electrons. The third-order valence-electron chi connectivity index (χ3n) is 4.09. The Morgan fingerprint density at radius 2 is 1.96 bits per heavy atom. The molecule has 1 atom stereocenters. The maximum absolute atomic E-state index is 13.1. The van der Waals surface area contributed by atoms with E-state index in [0.29, 0.717) is 25.1 Å². The molecule has 0 bridgehead atoms. The van der Waals surface area contributed by atoms with E-state index in [1.807, 2.05) is 13.8 Å². The molecule has 1 fully saturated rings. The van der Waals surface area contributed by atoms with Gasteiger partial charge in [0, 0.05) is 13.2 Å². The minimum atomic E-state index is -1.32. The highest BCUT2D eigenvalue weighted by Crippen LogP contribution is 2.28. The van der Waals surface area contributed by atoms with E-state index in [0.717, 1.165) is 4.90 Å². The SMILES string of the molecule is CC(C)OCCCNC(=O)CN1C(=O)NC(C)(c2ccc(F)cc2)C1=O. The van der Waals surface area contributed by atoms with Crippen LogP contribution in [0.5, 0.6) is 0 Å². The summed E-state index contributed by atoms with van der Waals surface area (Å²) in [6, 6.07) is 4.65. The van der Waals surface area contributed by atoms with Gasteiger partial charge < -0.3 is 15.4 Å². The van der Waals surface area contributed by atoms with Crippen LogP contribution in [0.4, 0.5) is 9.18 Å². The topological polar surface area (TPSA) is 87.7 Å². The van der Waals surface area contributed by atoms with Crippen LogP contribution in [0.15, 0.2) is 24.3 Å². The summed E-state index contributed by atoms with van der Waals surface area (Å²) < 4.78 is 18.5. The summed E-state index contributed by atoms with van der Waals surface area (Å²) >= 11 is 0. The van der Waals surface area contributed by atoms with Gasteiger partial charge in [0.1, 0.15) is 17.9 Å². The Morgan fingerprint density at radius 1 is 1.31 bits per heavy atom. The number of nitrogens with one attached hydrogen (secondary N) is 2. The number of carbonyl (C=O) groups excluding carboxylic acids is 3. The van der Waals surface area contributed by atoms with Gasteiger partial charge in [0.15, 0.2) is 0 Å². The number of amides is 4. The summed E-state index contributed by atoms with van der Waals surface area (Å²) in [6.45, 7) is 5.92. The fraction of sp³-hybridized carbons (Fsp3) is 0.500. The van der Waals surface area contributed by atoms with Gasteiger partial charge in [-0.2, -0.15) is 0 Å². The van der Waals surface area contributed by atoms with Crippen molar-refractivity contribution in [1.29, 1.82) is 0 Å². The van der Waals surface area contributed by atoms with Crippen molar-refractivity contribution < 1.29 is 23.5 Å². The normalized spacial score (nSPS) is 19.8. The second-order valence-electron chi connectivity index (χ2n) is 6.58. The molecule has 1 aliphatic rings. The third-order valence-corrected chi connectivity index (χ3v) is 4.09. The molecular formula is C18H24FN3O4. The first-order valence-electron chi connectivity index (χ1n) is 8.52. The first kappa shape index (κ1) is 19.8. The lowest BCUT2D eigenvalue weighted by Crippen LogP contribution is -2.43. The van der Waals surface area contributed by atoms with Crippen molar-refractivity contribution in [2.75, 3.05) is 19.7 Å². The van der Waals surface area contributed by atoms with Crippen molar-refractivity contribution >= 4 is 17.8 Å². The molecule has 1 aromatic carbocycles. The van der Waals surface area contributed by atoms with Gasteiger partial charge in [-0.3, -0.25) is 14.5 Å². The van der Waals surface area contributed by atoms with Crippen LogP contribution in [0.3, 0.4) is 0 Å². The summed E-state index contributed by atoms with van der Waals surface area (Å²) in [6.07, 6.45) is 0.762. The Hall–Kier alpha value is -2.48. The minimum Gasteiger partial charge on any atom is -0.379 e. The maximum atomic E-state index is 13.1. The summed E-state index contributed by atoms with van der Waals surface area (Å²) in [5.41, 5.74) is -0.873. The van der Waals surface area contributed by atoms with Gasteiger partial charge in [-0.15, -0.1) is 0 Å². The Kier molecular flexibility index (Phi) is 6.31. The van der Waals surface area contributed by atoms with Crippen molar-refractivity contribution in [3.05, 3.63) is 35.6 Å². The summed E-state index contributed by atoms with van der Waals surface area (Å²) in [7, 11) is 0.